The van der Waals surface area contributed by atoms with E-state index in [4.69, 9.17) is 5.73 Å². The van der Waals surface area contributed by atoms with Crippen LogP contribution >= 0.6 is 15.9 Å². The van der Waals surface area contributed by atoms with Crippen LogP contribution in [0.2, 0.25) is 0 Å². The minimum Gasteiger partial charge on any atom is -0.507 e. The van der Waals surface area contributed by atoms with Crippen molar-refractivity contribution in [3.8, 4) is 5.75 Å². The smallest absolute Gasteiger partial charge is 0.417 e. The zero-order chi connectivity index (χ0) is 13.2. The first-order valence-electron chi connectivity index (χ1n) is 4.60. The van der Waals surface area contributed by atoms with E-state index in [1.807, 2.05) is 0 Å². The number of alkyl halides is 3. The molecule has 0 aliphatic carbocycles. The summed E-state index contributed by atoms with van der Waals surface area (Å²) in [6.07, 6.45) is -4.88. The van der Waals surface area contributed by atoms with E-state index in [9.17, 15) is 23.1 Å². The molecule has 0 radical (unpaired) electrons. The highest BCUT2D eigenvalue weighted by molar-refractivity contribution is 9.10. The minimum absolute atomic E-state index is 0.0331. The third-order valence-electron chi connectivity index (χ3n) is 2.06. The van der Waals surface area contributed by atoms with Crippen molar-refractivity contribution in [2.75, 3.05) is 6.54 Å². The van der Waals surface area contributed by atoms with Crippen LogP contribution in [0.4, 0.5) is 13.2 Å². The summed E-state index contributed by atoms with van der Waals surface area (Å²) in [6.45, 7) is -0.0331. The maximum atomic E-state index is 12.7. The lowest BCUT2D eigenvalue weighted by atomic mass is 10.0. The number of carbonyl (C=O) groups excluding carboxylic acids is 1. The molecule has 0 spiro atoms. The molecule has 94 valence electrons. The summed E-state index contributed by atoms with van der Waals surface area (Å²) in [4.78, 5) is 11.5. The molecule has 0 aliphatic rings. The Morgan fingerprint density at radius 1 is 1.41 bits per heavy atom. The number of benzene rings is 1. The van der Waals surface area contributed by atoms with Crippen LogP contribution in [-0.4, -0.2) is 17.4 Å². The summed E-state index contributed by atoms with van der Waals surface area (Å²) in [5.41, 5.74) is 3.48. The molecule has 0 saturated heterocycles. The molecule has 0 aliphatic heterocycles. The fourth-order valence-corrected chi connectivity index (χ4v) is 1.64. The van der Waals surface area contributed by atoms with Gasteiger partial charge in [0.1, 0.15) is 5.75 Å². The Bertz CT molecular complexity index is 446. The second-order valence-corrected chi connectivity index (χ2v) is 4.16. The first-order valence-corrected chi connectivity index (χ1v) is 5.39. The highest BCUT2D eigenvalue weighted by atomic mass is 79.9. The van der Waals surface area contributed by atoms with Crippen molar-refractivity contribution in [1.82, 2.24) is 0 Å². The minimum atomic E-state index is -4.70. The molecule has 3 N–H and O–H groups in total. The quantitative estimate of drug-likeness (QED) is 0.844. The SMILES string of the molecule is NCCC(=O)c1cc(Br)c(O)cc1C(F)(F)F. The number of Topliss-reactive ketones (excluding diaryl/α,β-unsaturated/α-hetero) is 1. The van der Waals surface area contributed by atoms with Crippen molar-refractivity contribution in [2.45, 2.75) is 12.6 Å². The van der Waals surface area contributed by atoms with Gasteiger partial charge in [-0.2, -0.15) is 13.2 Å². The average Bonchev–Trinajstić information content (AvgIpc) is 2.20. The predicted octanol–water partition coefficient (Wildman–Crippen LogP) is 2.71. The van der Waals surface area contributed by atoms with Gasteiger partial charge in [-0.1, -0.05) is 0 Å². The third-order valence-corrected chi connectivity index (χ3v) is 2.70. The summed E-state index contributed by atoms with van der Waals surface area (Å²) in [7, 11) is 0. The molecule has 17 heavy (non-hydrogen) atoms. The number of carbonyl (C=O) groups is 1. The van der Waals surface area contributed by atoms with E-state index in [0.717, 1.165) is 6.07 Å². The summed E-state index contributed by atoms with van der Waals surface area (Å²) in [5.74, 6) is -1.28. The number of phenolic OH excluding ortho intramolecular Hbond substituents is 1. The predicted molar refractivity (Wildman–Crippen MR) is 58.8 cm³/mol. The number of phenols is 1. The summed E-state index contributed by atoms with van der Waals surface area (Å²) < 4.78 is 38.0. The Balaban J connectivity index is 3.36. The van der Waals surface area contributed by atoms with Crippen LogP contribution in [0.5, 0.6) is 5.75 Å². The normalized spacial score (nSPS) is 11.6. The molecule has 1 aromatic rings. The third kappa shape index (κ3) is 3.19. The summed E-state index contributed by atoms with van der Waals surface area (Å²) >= 11 is 2.87. The fraction of sp³-hybridized carbons (Fsp3) is 0.300. The first kappa shape index (κ1) is 14.0. The van der Waals surface area contributed by atoms with Crippen LogP contribution in [0, 0.1) is 0 Å². The van der Waals surface area contributed by atoms with Gasteiger partial charge in [-0.05, 0) is 34.6 Å². The topological polar surface area (TPSA) is 63.3 Å². The molecule has 1 aromatic carbocycles. The Hall–Kier alpha value is -1.08. The Morgan fingerprint density at radius 2 is 2.00 bits per heavy atom. The van der Waals surface area contributed by atoms with Gasteiger partial charge in [-0.15, -0.1) is 0 Å². The Morgan fingerprint density at radius 3 is 2.47 bits per heavy atom. The lowest BCUT2D eigenvalue weighted by Gasteiger charge is -2.13. The van der Waals surface area contributed by atoms with Crippen molar-refractivity contribution < 1.29 is 23.1 Å². The number of rotatable bonds is 3. The second kappa shape index (κ2) is 5.05. The summed E-state index contributed by atoms with van der Waals surface area (Å²) in [5, 5.41) is 9.22. The highest BCUT2D eigenvalue weighted by Crippen LogP contribution is 2.37. The molecule has 0 amide bonds. The number of aromatic hydroxyl groups is 1. The van der Waals surface area contributed by atoms with Crippen LogP contribution in [0.15, 0.2) is 16.6 Å². The van der Waals surface area contributed by atoms with Gasteiger partial charge in [0, 0.05) is 12.0 Å². The van der Waals surface area contributed by atoms with E-state index in [1.165, 1.54) is 0 Å². The van der Waals surface area contributed by atoms with Gasteiger partial charge in [0.15, 0.2) is 5.78 Å². The van der Waals surface area contributed by atoms with Gasteiger partial charge in [0.25, 0.3) is 0 Å². The molecular weight excluding hydrogens is 303 g/mol. The maximum Gasteiger partial charge on any atom is 0.417 e. The molecule has 0 saturated carbocycles. The molecule has 0 unspecified atom stereocenters. The van der Waals surface area contributed by atoms with Crippen molar-refractivity contribution in [3.05, 3.63) is 27.7 Å². The molecule has 0 atom stereocenters. The average molecular weight is 312 g/mol. The number of hydrogen-bond donors (Lipinski definition) is 2. The van der Waals surface area contributed by atoms with Crippen molar-refractivity contribution >= 4 is 21.7 Å². The van der Waals surface area contributed by atoms with Crippen molar-refractivity contribution in [2.24, 2.45) is 5.73 Å². The standard InChI is InChI=1S/C10H9BrF3NO2/c11-7-3-5(8(16)1-2-15)6(4-9(7)17)10(12,13)14/h3-4,17H,1-2,15H2. The van der Waals surface area contributed by atoms with Gasteiger partial charge in [0.2, 0.25) is 0 Å². The number of ketones is 1. The van der Waals surface area contributed by atoms with Crippen LogP contribution < -0.4 is 5.73 Å². The van der Waals surface area contributed by atoms with Gasteiger partial charge < -0.3 is 10.8 Å². The van der Waals surface area contributed by atoms with E-state index >= 15 is 0 Å². The zero-order valence-electron chi connectivity index (χ0n) is 8.51. The first-order chi connectivity index (χ1) is 7.77. The molecule has 3 nitrogen and oxygen atoms in total. The van der Waals surface area contributed by atoms with Gasteiger partial charge >= 0.3 is 6.18 Å². The largest absolute Gasteiger partial charge is 0.507 e. The fourth-order valence-electron chi connectivity index (χ4n) is 1.29. The van der Waals surface area contributed by atoms with E-state index < -0.39 is 28.8 Å². The zero-order valence-corrected chi connectivity index (χ0v) is 10.1. The monoisotopic (exact) mass is 311 g/mol. The lowest BCUT2D eigenvalue weighted by molar-refractivity contribution is -0.138. The molecule has 7 heteroatoms. The van der Waals surface area contributed by atoms with Crippen LogP contribution in [0.1, 0.15) is 22.3 Å². The summed E-state index contributed by atoms with van der Waals surface area (Å²) in [6, 6.07) is 1.48. The van der Waals surface area contributed by atoms with Gasteiger partial charge in [-0.3, -0.25) is 4.79 Å². The van der Waals surface area contributed by atoms with Crippen molar-refractivity contribution in [3.63, 3.8) is 0 Å². The molecule has 0 fully saturated rings. The molecule has 0 bridgehead atoms. The Labute approximate surface area is 104 Å². The number of halogens is 4. The molecule has 0 aromatic heterocycles. The number of hydrogen-bond acceptors (Lipinski definition) is 3. The van der Waals surface area contributed by atoms with E-state index in [1.54, 1.807) is 0 Å². The van der Waals surface area contributed by atoms with Crippen LogP contribution in [-0.2, 0) is 6.18 Å². The van der Waals surface area contributed by atoms with E-state index in [0.29, 0.717) is 6.07 Å². The van der Waals surface area contributed by atoms with E-state index in [-0.39, 0.29) is 17.4 Å². The maximum absolute atomic E-state index is 12.7. The van der Waals surface area contributed by atoms with Gasteiger partial charge in [0.05, 0.1) is 10.0 Å². The van der Waals surface area contributed by atoms with E-state index in [2.05, 4.69) is 15.9 Å². The van der Waals surface area contributed by atoms with Crippen LogP contribution in [0.3, 0.4) is 0 Å². The Kier molecular flexibility index (Phi) is 4.16. The van der Waals surface area contributed by atoms with Gasteiger partial charge in [-0.25, -0.2) is 0 Å². The molecular formula is C10H9BrF3NO2. The van der Waals surface area contributed by atoms with Crippen molar-refractivity contribution in [1.29, 1.82) is 0 Å². The number of nitrogens with two attached hydrogens (primary N) is 1. The van der Waals surface area contributed by atoms with Crippen LogP contribution in [0.25, 0.3) is 0 Å². The second-order valence-electron chi connectivity index (χ2n) is 3.31. The lowest BCUT2D eigenvalue weighted by Crippen LogP contribution is -2.15. The molecule has 1 rings (SSSR count). The molecule has 0 heterocycles. The highest BCUT2D eigenvalue weighted by Gasteiger charge is 2.35.